The number of rotatable bonds is 5. The Morgan fingerprint density at radius 1 is 1.43 bits per heavy atom. The van der Waals surface area contributed by atoms with E-state index in [9.17, 15) is 4.79 Å². The van der Waals surface area contributed by atoms with E-state index < -0.39 is 5.97 Å². The van der Waals surface area contributed by atoms with Crippen LogP contribution in [0.5, 0.6) is 0 Å². The van der Waals surface area contributed by atoms with Gasteiger partial charge in [-0.05, 0) is 25.8 Å². The maximum atomic E-state index is 10.6. The van der Waals surface area contributed by atoms with Gasteiger partial charge in [-0.2, -0.15) is 0 Å². The normalized spacial score (nSPS) is 20.6. The van der Waals surface area contributed by atoms with Crippen LogP contribution in [-0.4, -0.2) is 23.7 Å². The Kier molecular flexibility index (Phi) is 4.94. The van der Waals surface area contributed by atoms with Crippen molar-refractivity contribution in [1.29, 1.82) is 0 Å². The highest BCUT2D eigenvalue weighted by Gasteiger charge is 2.14. The third-order valence-corrected chi connectivity index (χ3v) is 3.04. The van der Waals surface area contributed by atoms with Crippen LogP contribution in [0.1, 0.15) is 45.4 Å². The second-order valence-electron chi connectivity index (χ2n) is 4.32. The Morgan fingerprint density at radius 2 is 2.07 bits per heavy atom. The lowest BCUT2D eigenvalue weighted by Crippen LogP contribution is -2.33. The zero-order valence-electron chi connectivity index (χ0n) is 8.96. The maximum Gasteiger partial charge on any atom is 0.306 e. The monoisotopic (exact) mass is 199 g/mol. The Bertz CT molecular complexity index is 176. The van der Waals surface area contributed by atoms with Gasteiger partial charge in [-0.3, -0.25) is 4.79 Å². The minimum atomic E-state index is -0.685. The van der Waals surface area contributed by atoms with E-state index in [4.69, 9.17) is 5.11 Å². The molecule has 2 N–H and O–H groups in total. The molecular formula is C11H21NO2. The first-order valence-electron chi connectivity index (χ1n) is 5.66. The highest BCUT2D eigenvalue weighted by molar-refractivity contribution is 5.69. The highest BCUT2D eigenvalue weighted by atomic mass is 16.4. The van der Waals surface area contributed by atoms with Crippen molar-refractivity contribution in [3.8, 4) is 0 Å². The Balaban J connectivity index is 2.05. The van der Waals surface area contributed by atoms with E-state index in [1.807, 2.05) is 0 Å². The first-order chi connectivity index (χ1) is 6.70. The summed E-state index contributed by atoms with van der Waals surface area (Å²) >= 11 is 0. The Hall–Kier alpha value is -0.570. The Morgan fingerprint density at radius 3 is 2.64 bits per heavy atom. The number of hydrogen-bond donors (Lipinski definition) is 2. The number of carbonyl (C=O) groups is 1. The summed E-state index contributed by atoms with van der Waals surface area (Å²) in [5.41, 5.74) is 0. The van der Waals surface area contributed by atoms with E-state index in [1.54, 1.807) is 6.92 Å². The quantitative estimate of drug-likeness (QED) is 0.712. The summed E-state index contributed by atoms with van der Waals surface area (Å²) in [5.74, 6) is -0.901. The molecule has 1 atom stereocenters. The molecule has 0 aromatic heterocycles. The van der Waals surface area contributed by atoms with Gasteiger partial charge in [-0.25, -0.2) is 0 Å². The van der Waals surface area contributed by atoms with Crippen LogP contribution in [0.3, 0.4) is 0 Å². The highest BCUT2D eigenvalue weighted by Crippen LogP contribution is 2.17. The van der Waals surface area contributed by atoms with Crippen molar-refractivity contribution in [2.45, 2.75) is 51.5 Å². The Labute approximate surface area is 85.9 Å². The van der Waals surface area contributed by atoms with Gasteiger partial charge in [0.25, 0.3) is 0 Å². The minimum absolute atomic E-state index is 0.217. The molecule has 82 valence electrons. The van der Waals surface area contributed by atoms with Crippen LogP contribution in [-0.2, 0) is 4.79 Å². The van der Waals surface area contributed by atoms with Crippen LogP contribution in [0.4, 0.5) is 0 Å². The van der Waals surface area contributed by atoms with E-state index in [0.29, 0.717) is 6.04 Å². The molecule has 0 spiro atoms. The lowest BCUT2D eigenvalue weighted by Gasteiger charge is -2.23. The van der Waals surface area contributed by atoms with Gasteiger partial charge in [-0.15, -0.1) is 0 Å². The van der Waals surface area contributed by atoms with Crippen LogP contribution in [0, 0.1) is 5.92 Å². The number of carboxylic acid groups (broad SMARTS) is 1. The molecule has 1 aliphatic rings. The van der Waals surface area contributed by atoms with Gasteiger partial charge in [0, 0.05) is 6.04 Å². The molecule has 1 rings (SSSR count). The van der Waals surface area contributed by atoms with Gasteiger partial charge in [0.15, 0.2) is 0 Å². The van der Waals surface area contributed by atoms with Gasteiger partial charge in [0.2, 0.25) is 0 Å². The van der Waals surface area contributed by atoms with Gasteiger partial charge < -0.3 is 10.4 Å². The van der Waals surface area contributed by atoms with Crippen LogP contribution >= 0.6 is 0 Å². The smallest absolute Gasteiger partial charge is 0.306 e. The van der Waals surface area contributed by atoms with E-state index in [0.717, 1.165) is 13.0 Å². The van der Waals surface area contributed by atoms with Gasteiger partial charge in [0.05, 0.1) is 5.92 Å². The first kappa shape index (κ1) is 11.5. The fourth-order valence-corrected chi connectivity index (χ4v) is 1.93. The molecule has 3 nitrogen and oxygen atoms in total. The van der Waals surface area contributed by atoms with Crippen molar-refractivity contribution in [3.63, 3.8) is 0 Å². The molecule has 3 heteroatoms. The number of hydrogen-bond acceptors (Lipinski definition) is 2. The molecule has 0 aliphatic heterocycles. The molecule has 14 heavy (non-hydrogen) atoms. The summed E-state index contributed by atoms with van der Waals surface area (Å²) in [4.78, 5) is 10.6. The van der Waals surface area contributed by atoms with E-state index >= 15 is 0 Å². The molecule has 0 radical (unpaired) electrons. The van der Waals surface area contributed by atoms with Crippen molar-refractivity contribution in [2.24, 2.45) is 5.92 Å². The van der Waals surface area contributed by atoms with Gasteiger partial charge in [0.1, 0.15) is 0 Å². The predicted octanol–water partition coefficient (Wildman–Crippen LogP) is 2.02. The molecule has 0 heterocycles. The van der Waals surface area contributed by atoms with Gasteiger partial charge in [-0.1, -0.05) is 26.2 Å². The molecule has 0 aromatic carbocycles. The van der Waals surface area contributed by atoms with Crippen LogP contribution in [0.2, 0.25) is 0 Å². The first-order valence-corrected chi connectivity index (χ1v) is 5.66. The van der Waals surface area contributed by atoms with Crippen molar-refractivity contribution >= 4 is 5.97 Å². The molecule has 1 fully saturated rings. The minimum Gasteiger partial charge on any atom is -0.481 e. The van der Waals surface area contributed by atoms with Crippen LogP contribution in [0.15, 0.2) is 0 Å². The average molecular weight is 199 g/mol. The largest absolute Gasteiger partial charge is 0.481 e. The third kappa shape index (κ3) is 4.09. The van der Waals surface area contributed by atoms with Crippen molar-refractivity contribution < 1.29 is 9.90 Å². The van der Waals surface area contributed by atoms with Crippen molar-refractivity contribution in [1.82, 2.24) is 5.32 Å². The summed E-state index contributed by atoms with van der Waals surface area (Å²) in [7, 11) is 0. The lowest BCUT2D eigenvalue weighted by molar-refractivity contribution is -0.141. The molecule has 0 saturated heterocycles. The summed E-state index contributed by atoms with van der Waals surface area (Å²) in [5, 5.41) is 12.1. The maximum absolute atomic E-state index is 10.6. The number of carboxylic acids is 1. The summed E-state index contributed by atoms with van der Waals surface area (Å²) in [6.07, 6.45) is 7.29. The number of nitrogens with one attached hydrogen (secondary N) is 1. The molecule has 0 aromatic rings. The molecule has 0 amide bonds. The second kappa shape index (κ2) is 6.02. The van der Waals surface area contributed by atoms with E-state index in [2.05, 4.69) is 5.32 Å². The van der Waals surface area contributed by atoms with Crippen LogP contribution < -0.4 is 5.32 Å². The molecule has 1 aliphatic carbocycles. The van der Waals surface area contributed by atoms with Crippen LogP contribution in [0.25, 0.3) is 0 Å². The fourth-order valence-electron chi connectivity index (χ4n) is 1.93. The lowest BCUT2D eigenvalue weighted by atomic mass is 9.95. The third-order valence-electron chi connectivity index (χ3n) is 3.04. The average Bonchev–Trinajstić information content (AvgIpc) is 2.19. The van der Waals surface area contributed by atoms with E-state index in [-0.39, 0.29) is 5.92 Å². The second-order valence-corrected chi connectivity index (χ2v) is 4.32. The van der Waals surface area contributed by atoms with Gasteiger partial charge >= 0.3 is 5.97 Å². The van der Waals surface area contributed by atoms with E-state index in [1.165, 1.54) is 32.1 Å². The summed E-state index contributed by atoms with van der Waals surface area (Å²) < 4.78 is 0. The summed E-state index contributed by atoms with van der Waals surface area (Å²) in [6, 6.07) is 0.643. The predicted molar refractivity (Wildman–Crippen MR) is 56.3 cm³/mol. The number of aliphatic carboxylic acids is 1. The zero-order chi connectivity index (χ0) is 10.4. The zero-order valence-corrected chi connectivity index (χ0v) is 8.96. The van der Waals surface area contributed by atoms with Crippen molar-refractivity contribution in [2.75, 3.05) is 6.54 Å². The molecule has 1 unspecified atom stereocenters. The SMILES string of the molecule is CC(CCNC1CCCCC1)C(=O)O. The molecule has 1 saturated carbocycles. The molecule has 0 bridgehead atoms. The fraction of sp³-hybridized carbons (Fsp3) is 0.909. The standard InChI is InChI=1S/C11H21NO2/c1-9(11(13)14)7-8-12-10-5-3-2-4-6-10/h9-10,12H,2-8H2,1H3,(H,13,14). The topological polar surface area (TPSA) is 49.3 Å². The molecular weight excluding hydrogens is 178 g/mol. The van der Waals surface area contributed by atoms with Crippen molar-refractivity contribution in [3.05, 3.63) is 0 Å². The summed E-state index contributed by atoms with van der Waals surface area (Å²) in [6.45, 7) is 2.61.